The van der Waals surface area contributed by atoms with Gasteiger partial charge >= 0.3 is 0 Å². The first-order valence-corrected chi connectivity index (χ1v) is 8.25. The second-order valence-electron chi connectivity index (χ2n) is 6.20. The fraction of sp³-hybridized carbons (Fsp3) is 0.389. The fourth-order valence-electron chi connectivity index (χ4n) is 2.88. The predicted molar refractivity (Wildman–Crippen MR) is 94.7 cm³/mol. The van der Waals surface area contributed by atoms with Crippen LogP contribution in [0.2, 0.25) is 0 Å². The van der Waals surface area contributed by atoms with Crippen LogP contribution in [-0.4, -0.2) is 54.5 Å². The van der Waals surface area contributed by atoms with Crippen molar-refractivity contribution in [3.8, 4) is 0 Å². The molecule has 6 heteroatoms. The van der Waals surface area contributed by atoms with Crippen LogP contribution >= 0.6 is 0 Å². The highest BCUT2D eigenvalue weighted by atomic mass is 16.1. The summed E-state index contributed by atoms with van der Waals surface area (Å²) < 4.78 is 0. The Balaban J connectivity index is 1.68. The van der Waals surface area contributed by atoms with Crippen molar-refractivity contribution in [1.82, 2.24) is 20.2 Å². The van der Waals surface area contributed by atoms with E-state index >= 15 is 0 Å². The van der Waals surface area contributed by atoms with Crippen molar-refractivity contribution < 1.29 is 4.79 Å². The first-order valence-electron chi connectivity index (χ1n) is 8.25. The van der Waals surface area contributed by atoms with Crippen LogP contribution < -0.4 is 10.2 Å². The van der Waals surface area contributed by atoms with Crippen LogP contribution in [0.4, 0.5) is 11.5 Å². The molecule has 1 aliphatic rings. The van der Waals surface area contributed by atoms with Crippen LogP contribution in [0.3, 0.4) is 0 Å². The first kappa shape index (κ1) is 16.4. The standard InChI is InChI=1S/C18H23N5O/c1-22(2)10-5-9-19-18(24)15-12-17(21-13-20-15)23-11-8-14-6-3-4-7-16(14)23/h3-4,6-7,12-13H,5,8-11H2,1-2H3,(H,19,24). The summed E-state index contributed by atoms with van der Waals surface area (Å²) in [7, 11) is 4.04. The largest absolute Gasteiger partial charge is 0.351 e. The molecule has 0 saturated heterocycles. The summed E-state index contributed by atoms with van der Waals surface area (Å²) in [6.45, 7) is 2.46. The lowest BCUT2D eigenvalue weighted by molar-refractivity contribution is 0.0947. The van der Waals surface area contributed by atoms with E-state index in [1.54, 1.807) is 6.07 Å². The van der Waals surface area contributed by atoms with Gasteiger partial charge in [-0.25, -0.2) is 9.97 Å². The minimum absolute atomic E-state index is 0.148. The SMILES string of the molecule is CN(C)CCCNC(=O)c1cc(N2CCc3ccccc32)ncn1. The van der Waals surface area contributed by atoms with E-state index in [4.69, 9.17) is 0 Å². The summed E-state index contributed by atoms with van der Waals surface area (Å²) in [6, 6.07) is 10.1. The molecule has 126 valence electrons. The Labute approximate surface area is 142 Å². The summed E-state index contributed by atoms with van der Waals surface area (Å²) in [6.07, 6.45) is 3.37. The number of rotatable bonds is 6. The number of carbonyl (C=O) groups is 1. The lowest BCUT2D eigenvalue weighted by atomic mass is 10.2. The van der Waals surface area contributed by atoms with Crippen LogP contribution in [0.1, 0.15) is 22.5 Å². The molecule has 2 aromatic rings. The molecule has 24 heavy (non-hydrogen) atoms. The zero-order valence-corrected chi connectivity index (χ0v) is 14.2. The number of anilines is 2. The Morgan fingerprint density at radius 1 is 1.29 bits per heavy atom. The van der Waals surface area contributed by atoms with Crippen molar-refractivity contribution in [2.24, 2.45) is 0 Å². The molecule has 0 bridgehead atoms. The van der Waals surface area contributed by atoms with Gasteiger partial charge in [0.1, 0.15) is 17.8 Å². The zero-order valence-electron chi connectivity index (χ0n) is 14.2. The van der Waals surface area contributed by atoms with Gasteiger partial charge in [-0.2, -0.15) is 0 Å². The van der Waals surface area contributed by atoms with Gasteiger partial charge < -0.3 is 15.1 Å². The number of hydrogen-bond donors (Lipinski definition) is 1. The topological polar surface area (TPSA) is 61.4 Å². The number of benzene rings is 1. The lowest BCUT2D eigenvalue weighted by Gasteiger charge is -2.18. The fourth-order valence-corrected chi connectivity index (χ4v) is 2.88. The minimum atomic E-state index is -0.148. The molecule has 0 spiro atoms. The Bertz CT molecular complexity index is 716. The maximum atomic E-state index is 12.3. The van der Waals surface area contributed by atoms with Crippen LogP contribution in [0, 0.1) is 0 Å². The van der Waals surface area contributed by atoms with Crippen molar-refractivity contribution in [2.45, 2.75) is 12.8 Å². The van der Waals surface area contributed by atoms with Crippen molar-refractivity contribution in [3.63, 3.8) is 0 Å². The molecule has 0 fully saturated rings. The van der Waals surface area contributed by atoms with Crippen LogP contribution in [0.15, 0.2) is 36.7 Å². The molecule has 0 unspecified atom stereocenters. The molecule has 1 N–H and O–H groups in total. The molecular weight excluding hydrogens is 302 g/mol. The second kappa shape index (κ2) is 7.40. The van der Waals surface area contributed by atoms with Crippen LogP contribution in [0.5, 0.6) is 0 Å². The molecule has 1 amide bonds. The number of aromatic nitrogens is 2. The Kier molecular flexibility index (Phi) is 5.05. The predicted octanol–water partition coefficient (Wildman–Crippen LogP) is 1.85. The lowest BCUT2D eigenvalue weighted by Crippen LogP contribution is -2.28. The Morgan fingerprint density at radius 2 is 2.12 bits per heavy atom. The third-order valence-electron chi connectivity index (χ3n) is 4.12. The minimum Gasteiger partial charge on any atom is -0.351 e. The van der Waals surface area contributed by atoms with Crippen LogP contribution in [0.25, 0.3) is 0 Å². The molecule has 1 aliphatic heterocycles. The highest BCUT2D eigenvalue weighted by Crippen LogP contribution is 2.32. The summed E-state index contributed by atoms with van der Waals surface area (Å²) in [5, 5.41) is 2.92. The van der Waals surface area contributed by atoms with E-state index < -0.39 is 0 Å². The monoisotopic (exact) mass is 325 g/mol. The number of nitrogens with one attached hydrogen (secondary N) is 1. The summed E-state index contributed by atoms with van der Waals surface area (Å²) in [5.41, 5.74) is 2.88. The van der Waals surface area contributed by atoms with E-state index in [1.807, 2.05) is 20.2 Å². The zero-order chi connectivity index (χ0) is 16.9. The number of carbonyl (C=O) groups excluding carboxylic acids is 1. The van der Waals surface area contributed by atoms with E-state index in [0.717, 1.165) is 37.4 Å². The van der Waals surface area contributed by atoms with Gasteiger partial charge in [-0.05, 0) is 45.1 Å². The third kappa shape index (κ3) is 3.71. The van der Waals surface area contributed by atoms with E-state index in [1.165, 1.54) is 11.9 Å². The molecule has 2 heterocycles. The quantitative estimate of drug-likeness (QED) is 0.821. The normalized spacial score (nSPS) is 13.2. The van der Waals surface area contributed by atoms with Crippen LogP contribution in [-0.2, 0) is 6.42 Å². The average Bonchev–Trinajstić information content (AvgIpc) is 3.02. The smallest absolute Gasteiger partial charge is 0.270 e. The highest BCUT2D eigenvalue weighted by Gasteiger charge is 2.21. The molecule has 3 rings (SSSR count). The molecule has 1 aromatic heterocycles. The second-order valence-corrected chi connectivity index (χ2v) is 6.20. The van der Waals surface area contributed by atoms with Crippen molar-refractivity contribution in [2.75, 3.05) is 38.6 Å². The van der Waals surface area contributed by atoms with Crippen molar-refractivity contribution in [3.05, 3.63) is 47.9 Å². The molecule has 0 aliphatic carbocycles. The first-order chi connectivity index (χ1) is 11.6. The van der Waals surface area contributed by atoms with E-state index in [-0.39, 0.29) is 5.91 Å². The summed E-state index contributed by atoms with van der Waals surface area (Å²) in [4.78, 5) is 25.0. The van der Waals surface area contributed by atoms with Gasteiger partial charge in [-0.15, -0.1) is 0 Å². The molecule has 0 atom stereocenters. The third-order valence-corrected chi connectivity index (χ3v) is 4.12. The summed E-state index contributed by atoms with van der Waals surface area (Å²) in [5.74, 6) is 0.623. The van der Waals surface area contributed by atoms with E-state index in [2.05, 4.69) is 43.3 Å². The van der Waals surface area contributed by atoms with Gasteiger partial charge in [0.25, 0.3) is 5.91 Å². The van der Waals surface area contributed by atoms with Gasteiger partial charge in [-0.1, -0.05) is 18.2 Å². The molecular formula is C18H23N5O. The highest BCUT2D eigenvalue weighted by molar-refractivity contribution is 5.93. The maximum absolute atomic E-state index is 12.3. The van der Waals surface area contributed by atoms with E-state index in [9.17, 15) is 4.79 Å². The number of para-hydroxylation sites is 1. The Hall–Kier alpha value is -2.47. The van der Waals surface area contributed by atoms with E-state index in [0.29, 0.717) is 12.2 Å². The molecule has 0 radical (unpaired) electrons. The van der Waals surface area contributed by atoms with Crippen molar-refractivity contribution >= 4 is 17.4 Å². The number of hydrogen-bond acceptors (Lipinski definition) is 5. The molecule has 6 nitrogen and oxygen atoms in total. The number of amides is 1. The van der Waals surface area contributed by atoms with Gasteiger partial charge in [-0.3, -0.25) is 4.79 Å². The van der Waals surface area contributed by atoms with Gasteiger partial charge in [0.15, 0.2) is 0 Å². The maximum Gasteiger partial charge on any atom is 0.270 e. The van der Waals surface area contributed by atoms with Gasteiger partial charge in [0.05, 0.1) is 0 Å². The number of fused-ring (bicyclic) bond motifs is 1. The van der Waals surface area contributed by atoms with Gasteiger partial charge in [0.2, 0.25) is 0 Å². The Morgan fingerprint density at radius 3 is 2.96 bits per heavy atom. The molecule has 1 aromatic carbocycles. The summed E-state index contributed by atoms with van der Waals surface area (Å²) >= 11 is 0. The molecule has 0 saturated carbocycles. The average molecular weight is 325 g/mol. The van der Waals surface area contributed by atoms with Crippen molar-refractivity contribution in [1.29, 1.82) is 0 Å². The van der Waals surface area contributed by atoms with Gasteiger partial charge in [0, 0.05) is 24.8 Å². The number of nitrogens with zero attached hydrogens (tertiary/aromatic N) is 4.